The maximum Gasteiger partial charge on any atom is 0.246 e. The Morgan fingerprint density at radius 1 is 0.655 bits per heavy atom. The van der Waals surface area contributed by atoms with Gasteiger partial charge in [0.1, 0.15) is 47.8 Å². The molecule has 6 bridgehead atoms. The van der Waals surface area contributed by atoms with Crippen LogP contribution in [0.1, 0.15) is 37.5 Å². The molecule has 6 atom stereocenters. The topological polar surface area (TPSA) is 187 Å². The number of carbonyl (C=O) groups excluding carboxylic acids is 6. The first kappa shape index (κ1) is 40.1. The van der Waals surface area contributed by atoms with Gasteiger partial charge in [-0.05, 0) is 73.9 Å². The summed E-state index contributed by atoms with van der Waals surface area (Å²) >= 11 is 0. The number of aromatic hydroxyl groups is 1. The van der Waals surface area contributed by atoms with Gasteiger partial charge in [-0.25, -0.2) is 0 Å². The lowest BCUT2D eigenvalue weighted by Crippen LogP contribution is -2.61. The van der Waals surface area contributed by atoms with Crippen LogP contribution in [0, 0.1) is 0 Å². The van der Waals surface area contributed by atoms with Crippen molar-refractivity contribution in [1.29, 1.82) is 0 Å². The maximum absolute atomic E-state index is 14.6. The SMILES string of the molecule is COc1ccc(C[C@H]2C(=O)N[C@@H](C)C(=O)N(C)[C@H]3Cc4ccc(cc4)Oc4cc(ccc4O)C[C@@H](C(=O)N[C@H](C)C(=O)N[C@@H](C)C(=O)N2C)N(C)C3=O)cc1. The van der Waals surface area contributed by atoms with E-state index in [4.69, 9.17) is 9.47 Å². The first-order chi connectivity index (χ1) is 26.1. The van der Waals surface area contributed by atoms with Gasteiger partial charge in [-0.1, -0.05) is 30.3 Å². The summed E-state index contributed by atoms with van der Waals surface area (Å²) in [4.78, 5) is 87.8. The second-order valence-corrected chi connectivity index (χ2v) is 14.1. The normalized spacial score (nSPS) is 24.6. The highest BCUT2D eigenvalue weighted by atomic mass is 16.5. The molecule has 4 N–H and O–H groups in total. The molecule has 15 heteroatoms. The van der Waals surface area contributed by atoms with Gasteiger partial charge in [0.05, 0.1) is 7.11 Å². The monoisotopic (exact) mass is 756 g/mol. The van der Waals surface area contributed by atoms with Crippen LogP contribution in [0.2, 0.25) is 0 Å². The third-order valence-electron chi connectivity index (χ3n) is 10.2. The molecule has 0 aromatic heterocycles. The van der Waals surface area contributed by atoms with Gasteiger partial charge in [0.25, 0.3) is 0 Å². The molecular weight excluding hydrogens is 708 g/mol. The van der Waals surface area contributed by atoms with Gasteiger partial charge in [-0.15, -0.1) is 0 Å². The van der Waals surface area contributed by atoms with Crippen LogP contribution < -0.4 is 25.4 Å². The first-order valence-electron chi connectivity index (χ1n) is 18.0. The van der Waals surface area contributed by atoms with E-state index in [0.29, 0.717) is 28.2 Å². The van der Waals surface area contributed by atoms with Gasteiger partial charge in [-0.2, -0.15) is 0 Å². The second-order valence-electron chi connectivity index (χ2n) is 14.1. The molecule has 55 heavy (non-hydrogen) atoms. The molecule has 6 rings (SSSR count). The number of amides is 6. The third kappa shape index (κ3) is 9.16. The molecule has 0 unspecified atom stereocenters. The van der Waals surface area contributed by atoms with Crippen LogP contribution >= 0.6 is 0 Å². The van der Waals surface area contributed by atoms with E-state index in [1.807, 2.05) is 0 Å². The molecule has 1 fully saturated rings. The molecule has 0 radical (unpaired) electrons. The van der Waals surface area contributed by atoms with E-state index in [-0.39, 0.29) is 30.8 Å². The molecule has 3 aromatic carbocycles. The molecule has 6 amide bonds. The Bertz CT molecular complexity index is 1940. The minimum atomic E-state index is -1.20. The number of methoxy groups -OCH3 is 1. The Morgan fingerprint density at radius 2 is 1.20 bits per heavy atom. The average Bonchev–Trinajstić information content (AvgIpc) is 3.17. The molecule has 3 aromatic rings. The number of ether oxygens (including phenoxy) is 2. The summed E-state index contributed by atoms with van der Waals surface area (Å²) in [6, 6.07) is 11.5. The number of benzene rings is 3. The summed E-state index contributed by atoms with van der Waals surface area (Å²) in [6.07, 6.45) is 0.0471. The summed E-state index contributed by atoms with van der Waals surface area (Å²) in [5.74, 6) is -2.69. The number of nitrogens with zero attached hydrogens (tertiary/aromatic N) is 3. The van der Waals surface area contributed by atoms with Gasteiger partial charge in [-0.3, -0.25) is 28.8 Å². The van der Waals surface area contributed by atoms with Gasteiger partial charge in [0.2, 0.25) is 35.4 Å². The second kappa shape index (κ2) is 16.9. The predicted molar refractivity (Wildman–Crippen MR) is 201 cm³/mol. The fourth-order valence-corrected chi connectivity index (χ4v) is 6.67. The van der Waals surface area contributed by atoms with Crippen molar-refractivity contribution in [3.63, 3.8) is 0 Å². The Kier molecular flexibility index (Phi) is 12.3. The quantitative estimate of drug-likeness (QED) is 0.308. The third-order valence-corrected chi connectivity index (χ3v) is 10.2. The van der Waals surface area contributed by atoms with E-state index in [9.17, 15) is 33.9 Å². The van der Waals surface area contributed by atoms with Crippen molar-refractivity contribution in [2.75, 3.05) is 28.3 Å². The summed E-state index contributed by atoms with van der Waals surface area (Å²) < 4.78 is 11.2. The molecule has 15 nitrogen and oxygen atoms in total. The summed E-state index contributed by atoms with van der Waals surface area (Å²) in [7, 11) is 5.87. The lowest BCUT2D eigenvalue weighted by Gasteiger charge is -2.36. The number of nitrogens with one attached hydrogen (secondary N) is 3. The van der Waals surface area contributed by atoms with Crippen LogP contribution in [-0.2, 0) is 48.0 Å². The highest BCUT2D eigenvalue weighted by Crippen LogP contribution is 2.33. The van der Waals surface area contributed by atoms with Crippen LogP contribution in [0.3, 0.4) is 0 Å². The maximum atomic E-state index is 14.6. The molecular formula is C40H48N6O9. The Morgan fingerprint density at radius 3 is 1.84 bits per heavy atom. The molecule has 3 aliphatic rings. The lowest BCUT2D eigenvalue weighted by molar-refractivity contribution is -0.149. The number of phenols is 1. The lowest BCUT2D eigenvalue weighted by atomic mass is 9.98. The summed E-state index contributed by atoms with van der Waals surface area (Å²) in [5.41, 5.74) is 1.90. The van der Waals surface area contributed by atoms with Gasteiger partial charge >= 0.3 is 0 Å². The zero-order chi connectivity index (χ0) is 40.1. The molecule has 1 saturated heterocycles. The number of rotatable bonds is 3. The van der Waals surface area contributed by atoms with E-state index in [2.05, 4.69) is 16.0 Å². The van der Waals surface area contributed by atoms with E-state index >= 15 is 0 Å². The van der Waals surface area contributed by atoms with Crippen LogP contribution in [0.25, 0.3) is 0 Å². The Hall–Kier alpha value is -6.12. The number of fused-ring (bicyclic) bond motifs is 2. The number of phenolic OH excluding ortho intramolecular Hbond substituents is 1. The number of hydrogen-bond donors (Lipinski definition) is 4. The zero-order valence-electron chi connectivity index (χ0n) is 32.0. The van der Waals surface area contributed by atoms with Crippen LogP contribution in [0.15, 0.2) is 66.7 Å². The Balaban J connectivity index is 1.57. The van der Waals surface area contributed by atoms with Gasteiger partial charge in [0.15, 0.2) is 11.5 Å². The molecule has 0 aliphatic carbocycles. The highest BCUT2D eigenvalue weighted by Gasteiger charge is 2.39. The number of likely N-dealkylation sites (N-methyl/N-ethyl adjacent to an activating group) is 3. The largest absolute Gasteiger partial charge is 0.504 e. The van der Waals surface area contributed by atoms with Crippen molar-refractivity contribution in [2.45, 2.75) is 76.3 Å². The molecule has 3 heterocycles. The van der Waals surface area contributed by atoms with Crippen LogP contribution in [0.5, 0.6) is 23.0 Å². The average molecular weight is 757 g/mol. The highest BCUT2D eigenvalue weighted by molar-refractivity contribution is 5.98. The van der Waals surface area contributed by atoms with Crippen LogP contribution in [-0.4, -0.2) is 120 Å². The van der Waals surface area contributed by atoms with Crippen molar-refractivity contribution in [3.05, 3.63) is 83.4 Å². The minimum Gasteiger partial charge on any atom is -0.504 e. The Labute approximate surface area is 319 Å². The predicted octanol–water partition coefficient (Wildman–Crippen LogP) is 1.54. The standard InChI is InChI=1S/C40H48N6O9/c1-22-35(48)42-23(2)38(51)44(4)30(18-25-8-13-28(54-7)14-9-25)37(50)43-24(3)39(52)46(6)32-19-26-10-15-29(16-11-26)55-34-21-27(12-17-33(34)47)20-31(36(49)41-22)45(5)40(32)53/h8-17,21-24,30-32,47H,18-20H2,1-7H3,(H,41,49)(H,42,48)(H,43,50)/t22-,23+,24+,30+,31+,32+/m1/s1. The van der Waals surface area contributed by atoms with Gasteiger partial charge < -0.3 is 45.2 Å². The number of hydrogen-bond acceptors (Lipinski definition) is 9. The fourth-order valence-electron chi connectivity index (χ4n) is 6.67. The molecule has 0 spiro atoms. The van der Waals surface area contributed by atoms with E-state index in [1.54, 1.807) is 60.7 Å². The molecule has 3 aliphatic heterocycles. The minimum absolute atomic E-state index is 0.0330. The van der Waals surface area contributed by atoms with Crippen LogP contribution in [0.4, 0.5) is 0 Å². The number of carbonyl (C=O) groups is 6. The fraction of sp³-hybridized carbons (Fsp3) is 0.400. The van der Waals surface area contributed by atoms with Crippen molar-refractivity contribution in [1.82, 2.24) is 30.7 Å². The summed E-state index contributed by atoms with van der Waals surface area (Å²) in [6.45, 7) is 4.41. The van der Waals surface area contributed by atoms with Crippen molar-refractivity contribution in [3.8, 4) is 23.0 Å². The van der Waals surface area contributed by atoms with Gasteiger partial charge in [0, 0.05) is 40.4 Å². The van der Waals surface area contributed by atoms with E-state index in [0.717, 1.165) is 0 Å². The smallest absolute Gasteiger partial charge is 0.246 e. The van der Waals surface area contributed by atoms with E-state index in [1.165, 1.54) is 69.8 Å². The molecule has 0 saturated carbocycles. The first-order valence-corrected chi connectivity index (χ1v) is 18.0. The van der Waals surface area contributed by atoms with Crippen molar-refractivity contribution in [2.24, 2.45) is 0 Å². The van der Waals surface area contributed by atoms with Crippen molar-refractivity contribution < 1.29 is 43.3 Å². The van der Waals surface area contributed by atoms with E-state index < -0.39 is 71.7 Å². The summed E-state index contributed by atoms with van der Waals surface area (Å²) in [5, 5.41) is 18.6. The molecule has 292 valence electrons. The zero-order valence-corrected chi connectivity index (χ0v) is 32.0. The van der Waals surface area contributed by atoms with Crippen molar-refractivity contribution >= 4 is 35.4 Å².